The summed E-state index contributed by atoms with van der Waals surface area (Å²) in [6, 6.07) is 17.3. The number of carbonyl (C=O) groups is 2. The van der Waals surface area contributed by atoms with E-state index in [1.807, 2.05) is 55.5 Å². The van der Waals surface area contributed by atoms with Crippen LogP contribution in [0.25, 0.3) is 0 Å². The van der Waals surface area contributed by atoms with Crippen LogP contribution in [0.4, 0.5) is 5.69 Å². The zero-order valence-corrected chi connectivity index (χ0v) is 15.6. The van der Waals surface area contributed by atoms with Gasteiger partial charge in [-0.1, -0.05) is 50.2 Å². The number of para-hydroxylation sites is 1. The van der Waals surface area contributed by atoms with Crippen molar-refractivity contribution in [1.82, 2.24) is 10.6 Å². The minimum absolute atomic E-state index is 0.0384. The average molecular weight is 353 g/mol. The SMILES string of the molecule is Cc1ccccc1C(=O)NCC(=O)NCC(Nc1ccccc1)C(C)C. The molecule has 1 atom stereocenters. The van der Waals surface area contributed by atoms with Crippen molar-refractivity contribution < 1.29 is 9.59 Å². The van der Waals surface area contributed by atoms with Gasteiger partial charge in [-0.05, 0) is 36.6 Å². The molecule has 3 N–H and O–H groups in total. The van der Waals surface area contributed by atoms with Crippen LogP contribution in [0.1, 0.15) is 29.8 Å². The van der Waals surface area contributed by atoms with Crippen molar-refractivity contribution in [3.63, 3.8) is 0 Å². The summed E-state index contributed by atoms with van der Waals surface area (Å²) in [5, 5.41) is 8.99. The monoisotopic (exact) mass is 353 g/mol. The van der Waals surface area contributed by atoms with Gasteiger partial charge in [-0.25, -0.2) is 0 Å². The van der Waals surface area contributed by atoms with Crippen LogP contribution in [-0.4, -0.2) is 30.9 Å². The Morgan fingerprint density at radius 2 is 1.58 bits per heavy atom. The number of nitrogens with one attached hydrogen (secondary N) is 3. The summed E-state index contributed by atoms with van der Waals surface area (Å²) in [6.45, 7) is 6.53. The molecule has 2 amide bonds. The number of benzene rings is 2. The highest BCUT2D eigenvalue weighted by molar-refractivity contribution is 5.97. The molecule has 138 valence electrons. The lowest BCUT2D eigenvalue weighted by molar-refractivity contribution is -0.120. The highest BCUT2D eigenvalue weighted by Gasteiger charge is 2.15. The summed E-state index contributed by atoms with van der Waals surface area (Å²) in [5.41, 5.74) is 2.50. The predicted molar refractivity (Wildman–Crippen MR) is 105 cm³/mol. The molecule has 0 aromatic heterocycles. The first-order valence-corrected chi connectivity index (χ1v) is 8.89. The fourth-order valence-corrected chi connectivity index (χ4v) is 2.57. The lowest BCUT2D eigenvalue weighted by Crippen LogP contribution is -2.43. The largest absolute Gasteiger partial charge is 0.380 e. The third-order valence-electron chi connectivity index (χ3n) is 4.25. The van der Waals surface area contributed by atoms with Gasteiger partial charge in [0.1, 0.15) is 0 Å². The fourth-order valence-electron chi connectivity index (χ4n) is 2.57. The van der Waals surface area contributed by atoms with Gasteiger partial charge in [0, 0.05) is 23.8 Å². The van der Waals surface area contributed by atoms with Crippen LogP contribution < -0.4 is 16.0 Å². The minimum atomic E-state index is -0.235. The van der Waals surface area contributed by atoms with Crippen molar-refractivity contribution in [3.8, 4) is 0 Å². The standard InChI is InChI=1S/C21H27N3O2/c1-15(2)19(24-17-10-5-4-6-11-17)13-22-20(25)14-23-21(26)18-12-8-7-9-16(18)3/h4-12,15,19,24H,13-14H2,1-3H3,(H,22,25)(H,23,26). The number of anilines is 1. The Labute approximate surface area is 155 Å². The molecule has 2 aromatic carbocycles. The zero-order valence-electron chi connectivity index (χ0n) is 15.6. The van der Waals surface area contributed by atoms with E-state index < -0.39 is 0 Å². The van der Waals surface area contributed by atoms with E-state index in [0.717, 1.165) is 11.3 Å². The lowest BCUT2D eigenvalue weighted by Gasteiger charge is -2.24. The summed E-state index contributed by atoms with van der Waals surface area (Å²) in [7, 11) is 0. The van der Waals surface area contributed by atoms with E-state index in [1.54, 1.807) is 6.07 Å². The van der Waals surface area contributed by atoms with Crippen molar-refractivity contribution in [3.05, 3.63) is 65.7 Å². The first-order valence-electron chi connectivity index (χ1n) is 8.89. The molecule has 2 rings (SSSR count). The number of aryl methyl sites for hydroxylation is 1. The maximum Gasteiger partial charge on any atom is 0.251 e. The van der Waals surface area contributed by atoms with E-state index in [0.29, 0.717) is 18.0 Å². The van der Waals surface area contributed by atoms with Gasteiger partial charge < -0.3 is 16.0 Å². The lowest BCUT2D eigenvalue weighted by atomic mass is 10.0. The molecule has 0 bridgehead atoms. The molecule has 1 unspecified atom stereocenters. The van der Waals surface area contributed by atoms with Gasteiger partial charge in [-0.2, -0.15) is 0 Å². The topological polar surface area (TPSA) is 70.2 Å². The zero-order chi connectivity index (χ0) is 18.9. The number of hydrogen-bond donors (Lipinski definition) is 3. The quantitative estimate of drug-likeness (QED) is 0.683. The second-order valence-electron chi connectivity index (χ2n) is 6.66. The third kappa shape index (κ3) is 5.92. The Morgan fingerprint density at radius 1 is 0.923 bits per heavy atom. The number of hydrogen-bond acceptors (Lipinski definition) is 3. The van der Waals surface area contributed by atoms with Gasteiger partial charge in [0.05, 0.1) is 6.54 Å². The molecule has 0 fully saturated rings. The highest BCUT2D eigenvalue weighted by Crippen LogP contribution is 2.11. The van der Waals surface area contributed by atoms with Crippen LogP contribution in [0.15, 0.2) is 54.6 Å². The van der Waals surface area contributed by atoms with E-state index >= 15 is 0 Å². The maximum absolute atomic E-state index is 12.2. The van der Waals surface area contributed by atoms with Gasteiger partial charge in [-0.3, -0.25) is 9.59 Å². The van der Waals surface area contributed by atoms with Gasteiger partial charge in [0.2, 0.25) is 5.91 Å². The van der Waals surface area contributed by atoms with Crippen LogP contribution >= 0.6 is 0 Å². The van der Waals surface area contributed by atoms with E-state index in [1.165, 1.54) is 0 Å². The predicted octanol–water partition coefficient (Wildman–Crippen LogP) is 2.98. The van der Waals surface area contributed by atoms with Gasteiger partial charge in [0.25, 0.3) is 5.91 Å². The second kappa shape index (κ2) is 9.61. The summed E-state index contributed by atoms with van der Waals surface area (Å²) < 4.78 is 0. The third-order valence-corrected chi connectivity index (χ3v) is 4.25. The Kier molecular flexibility index (Phi) is 7.21. The molecule has 0 heterocycles. The second-order valence-corrected chi connectivity index (χ2v) is 6.66. The van der Waals surface area contributed by atoms with Crippen LogP contribution in [-0.2, 0) is 4.79 Å². The summed E-state index contributed by atoms with van der Waals surface area (Å²) >= 11 is 0. The van der Waals surface area contributed by atoms with E-state index in [-0.39, 0.29) is 24.4 Å². The Morgan fingerprint density at radius 3 is 2.23 bits per heavy atom. The normalized spacial score (nSPS) is 11.7. The van der Waals surface area contributed by atoms with E-state index in [4.69, 9.17) is 0 Å². The summed E-state index contributed by atoms with van der Waals surface area (Å²) in [5.74, 6) is -0.0921. The van der Waals surface area contributed by atoms with Gasteiger partial charge >= 0.3 is 0 Å². The molecule has 0 saturated carbocycles. The van der Waals surface area contributed by atoms with Gasteiger partial charge in [-0.15, -0.1) is 0 Å². The summed E-state index contributed by atoms with van der Waals surface area (Å²) in [6.07, 6.45) is 0. The molecule has 5 heteroatoms. The Balaban J connectivity index is 1.81. The van der Waals surface area contributed by atoms with Crippen molar-refractivity contribution in [1.29, 1.82) is 0 Å². The molecule has 2 aromatic rings. The average Bonchev–Trinajstić information content (AvgIpc) is 2.64. The molecule has 26 heavy (non-hydrogen) atoms. The van der Waals surface area contributed by atoms with Crippen LogP contribution in [0.5, 0.6) is 0 Å². The first kappa shape index (κ1) is 19.5. The van der Waals surface area contributed by atoms with Crippen molar-refractivity contribution >= 4 is 17.5 Å². The number of amides is 2. The van der Waals surface area contributed by atoms with Crippen molar-refractivity contribution in [2.75, 3.05) is 18.4 Å². The van der Waals surface area contributed by atoms with Crippen LogP contribution in [0.2, 0.25) is 0 Å². The smallest absolute Gasteiger partial charge is 0.251 e. The summed E-state index contributed by atoms with van der Waals surface area (Å²) in [4.78, 5) is 24.2. The van der Waals surface area contributed by atoms with Crippen LogP contribution in [0, 0.1) is 12.8 Å². The number of carbonyl (C=O) groups excluding carboxylic acids is 2. The van der Waals surface area contributed by atoms with Crippen molar-refractivity contribution in [2.45, 2.75) is 26.8 Å². The Hall–Kier alpha value is -2.82. The van der Waals surface area contributed by atoms with Gasteiger partial charge in [0.15, 0.2) is 0 Å². The molecule has 0 aliphatic heterocycles. The first-order chi connectivity index (χ1) is 12.5. The molecule has 0 saturated heterocycles. The molecular weight excluding hydrogens is 326 g/mol. The molecular formula is C21H27N3O2. The van der Waals surface area contributed by atoms with E-state index in [2.05, 4.69) is 29.8 Å². The molecule has 0 spiro atoms. The fraction of sp³-hybridized carbons (Fsp3) is 0.333. The molecule has 5 nitrogen and oxygen atoms in total. The van der Waals surface area contributed by atoms with E-state index in [9.17, 15) is 9.59 Å². The highest BCUT2D eigenvalue weighted by atomic mass is 16.2. The molecule has 0 aliphatic rings. The number of rotatable bonds is 8. The molecule has 0 aliphatic carbocycles. The maximum atomic E-state index is 12.2. The Bertz CT molecular complexity index is 729. The van der Waals surface area contributed by atoms with Crippen molar-refractivity contribution in [2.24, 2.45) is 5.92 Å². The molecule has 0 radical (unpaired) electrons. The minimum Gasteiger partial charge on any atom is -0.380 e. The van der Waals surface area contributed by atoms with Crippen LogP contribution in [0.3, 0.4) is 0 Å².